The van der Waals surface area contributed by atoms with Gasteiger partial charge in [-0.2, -0.15) is 12.7 Å². The highest BCUT2D eigenvalue weighted by Gasteiger charge is 2.26. The molecule has 0 bridgehead atoms. The summed E-state index contributed by atoms with van der Waals surface area (Å²) in [6, 6.07) is 7.45. The number of piperidine rings is 1. The molecule has 1 N–H and O–H groups in total. The normalized spacial score (nSPS) is 16.7. The van der Waals surface area contributed by atoms with E-state index in [4.69, 9.17) is 11.6 Å². The quantitative estimate of drug-likeness (QED) is 0.497. The summed E-state index contributed by atoms with van der Waals surface area (Å²) in [4.78, 5) is 0.105. The minimum atomic E-state index is -3.86. The van der Waals surface area contributed by atoms with Crippen molar-refractivity contribution >= 4 is 65.6 Å². The fourth-order valence-corrected chi connectivity index (χ4v) is 7.14. The summed E-state index contributed by atoms with van der Waals surface area (Å²) in [5.41, 5.74) is 0.277. The summed E-state index contributed by atoms with van der Waals surface area (Å²) >= 11 is 8.38. The second-order valence-electron chi connectivity index (χ2n) is 6.24. The molecule has 0 saturated carbocycles. The van der Waals surface area contributed by atoms with Gasteiger partial charge in [0.15, 0.2) is 5.17 Å². The van der Waals surface area contributed by atoms with Crippen LogP contribution in [0.3, 0.4) is 0 Å². The number of hydrogen-bond acceptors (Lipinski definition) is 6. The molecular weight excluding hydrogens is 474 g/mol. The summed E-state index contributed by atoms with van der Waals surface area (Å²) in [6.07, 6.45) is 4.35. The van der Waals surface area contributed by atoms with E-state index in [1.54, 1.807) is 17.7 Å². The fraction of sp³-hybridized carbons (Fsp3) is 0.353. The molecule has 0 atom stereocenters. The number of hydrogen-bond donors (Lipinski definition) is 1. The molecule has 0 unspecified atom stereocenters. The van der Waals surface area contributed by atoms with Crippen LogP contribution in [0.2, 0.25) is 5.02 Å². The van der Waals surface area contributed by atoms with Crippen LogP contribution < -0.4 is 5.32 Å². The van der Waals surface area contributed by atoms with Gasteiger partial charge in [-0.1, -0.05) is 35.9 Å². The van der Waals surface area contributed by atoms with Crippen molar-refractivity contribution in [1.82, 2.24) is 4.31 Å². The Morgan fingerprint density at radius 2 is 1.90 bits per heavy atom. The van der Waals surface area contributed by atoms with Crippen molar-refractivity contribution in [2.75, 3.05) is 24.7 Å². The van der Waals surface area contributed by atoms with Crippen molar-refractivity contribution in [2.24, 2.45) is 4.40 Å². The van der Waals surface area contributed by atoms with Gasteiger partial charge in [-0.25, -0.2) is 8.42 Å². The molecule has 29 heavy (non-hydrogen) atoms. The number of amidine groups is 1. The van der Waals surface area contributed by atoms with Crippen LogP contribution in [-0.4, -0.2) is 45.7 Å². The number of sulfonamides is 2. The molecule has 3 rings (SSSR count). The van der Waals surface area contributed by atoms with Crippen LogP contribution in [0, 0.1) is 0 Å². The molecule has 7 nitrogen and oxygen atoms in total. The summed E-state index contributed by atoms with van der Waals surface area (Å²) in [6.45, 7) is 0.981. The van der Waals surface area contributed by atoms with E-state index in [-0.39, 0.29) is 25.0 Å². The van der Waals surface area contributed by atoms with Crippen LogP contribution in [0.5, 0.6) is 0 Å². The molecule has 2 aromatic rings. The Kier molecular flexibility index (Phi) is 7.28. The minimum Gasteiger partial charge on any atom is -0.333 e. The van der Waals surface area contributed by atoms with Crippen molar-refractivity contribution in [3.63, 3.8) is 0 Å². The first-order valence-electron chi connectivity index (χ1n) is 8.73. The van der Waals surface area contributed by atoms with Gasteiger partial charge in [-0.15, -0.1) is 15.7 Å². The Morgan fingerprint density at radius 3 is 2.52 bits per heavy atom. The number of anilines is 1. The van der Waals surface area contributed by atoms with Crippen molar-refractivity contribution < 1.29 is 16.8 Å². The lowest BCUT2D eigenvalue weighted by molar-refractivity contribution is 0.346. The monoisotopic (exact) mass is 493 g/mol. The molecular formula is C17H20ClN3O4S4. The highest BCUT2D eigenvalue weighted by molar-refractivity contribution is 8.14. The van der Waals surface area contributed by atoms with E-state index in [1.165, 1.54) is 28.6 Å². The average molecular weight is 494 g/mol. The van der Waals surface area contributed by atoms with Crippen LogP contribution >= 0.6 is 34.7 Å². The Bertz CT molecular complexity index is 1090. The molecule has 1 aliphatic rings. The zero-order valence-corrected chi connectivity index (χ0v) is 19.6. The Hall–Kier alpha value is -1.11. The Balaban J connectivity index is 1.90. The lowest BCUT2D eigenvalue weighted by Gasteiger charge is -2.26. The van der Waals surface area contributed by atoms with E-state index in [1.807, 2.05) is 0 Å². The smallest absolute Gasteiger partial charge is 0.294 e. The van der Waals surface area contributed by atoms with E-state index in [9.17, 15) is 16.8 Å². The number of halogens is 1. The molecule has 2 heterocycles. The largest absolute Gasteiger partial charge is 0.333 e. The lowest BCUT2D eigenvalue weighted by atomic mass is 10.2. The average Bonchev–Trinajstić information content (AvgIpc) is 3.25. The van der Waals surface area contributed by atoms with Crippen molar-refractivity contribution in [3.8, 4) is 0 Å². The van der Waals surface area contributed by atoms with Crippen molar-refractivity contribution in [3.05, 3.63) is 40.7 Å². The van der Waals surface area contributed by atoms with Gasteiger partial charge in [0, 0.05) is 13.1 Å². The van der Waals surface area contributed by atoms with E-state index in [2.05, 4.69) is 9.71 Å². The van der Waals surface area contributed by atoms with E-state index in [0.29, 0.717) is 13.1 Å². The van der Waals surface area contributed by atoms with Crippen molar-refractivity contribution in [2.45, 2.75) is 28.4 Å². The van der Waals surface area contributed by atoms with Crippen LogP contribution in [0.1, 0.15) is 19.3 Å². The molecule has 1 fully saturated rings. The molecule has 158 valence electrons. The minimum absolute atomic E-state index is 0.0906. The standard InChI is InChI=1S/C17H20ClN3O4S4/c1-26-17(20-28(22,23)16-6-5-11-27-16)19-15-12-13(7-8-14(15)18)29(24,25)21-9-3-2-4-10-21/h5-8,11-12H,2-4,9-10H2,1H3,(H,19,20). The third kappa shape index (κ3) is 5.33. The van der Waals surface area contributed by atoms with Gasteiger partial charge < -0.3 is 5.32 Å². The summed E-state index contributed by atoms with van der Waals surface area (Å²) < 4.78 is 56.0. The predicted octanol–water partition coefficient (Wildman–Crippen LogP) is 4.10. The molecule has 0 aliphatic carbocycles. The van der Waals surface area contributed by atoms with Crippen LogP contribution in [0.15, 0.2) is 49.2 Å². The highest BCUT2D eigenvalue weighted by Crippen LogP contribution is 2.29. The molecule has 1 aromatic carbocycles. The number of nitrogens with zero attached hydrogens (tertiary/aromatic N) is 2. The van der Waals surface area contributed by atoms with E-state index < -0.39 is 20.0 Å². The number of rotatable bonds is 5. The third-order valence-electron chi connectivity index (χ3n) is 4.28. The van der Waals surface area contributed by atoms with Gasteiger partial charge in [0.2, 0.25) is 10.0 Å². The molecule has 12 heteroatoms. The summed E-state index contributed by atoms with van der Waals surface area (Å²) in [7, 11) is -7.51. The molecule has 0 amide bonds. The first-order valence-corrected chi connectivity index (χ1v) is 14.1. The second kappa shape index (κ2) is 9.36. The molecule has 1 aliphatic heterocycles. The maximum Gasteiger partial charge on any atom is 0.294 e. The predicted molar refractivity (Wildman–Crippen MR) is 120 cm³/mol. The van der Waals surface area contributed by atoms with Crippen LogP contribution in [0.25, 0.3) is 0 Å². The second-order valence-corrected chi connectivity index (χ2v) is 12.2. The first-order chi connectivity index (χ1) is 13.7. The lowest BCUT2D eigenvalue weighted by Crippen LogP contribution is -2.35. The maximum absolute atomic E-state index is 12.9. The topological polar surface area (TPSA) is 95.9 Å². The Labute approximate surface area is 184 Å². The van der Waals surface area contributed by atoms with Crippen LogP contribution in [-0.2, 0) is 20.0 Å². The van der Waals surface area contributed by atoms with Gasteiger partial charge in [0.1, 0.15) is 4.21 Å². The van der Waals surface area contributed by atoms with Gasteiger partial charge in [-0.3, -0.25) is 0 Å². The zero-order valence-electron chi connectivity index (χ0n) is 15.5. The number of thiophene rings is 1. The van der Waals surface area contributed by atoms with Gasteiger partial charge >= 0.3 is 0 Å². The van der Waals surface area contributed by atoms with E-state index >= 15 is 0 Å². The summed E-state index contributed by atoms with van der Waals surface area (Å²) in [5.74, 6) is 0. The maximum atomic E-state index is 12.9. The molecule has 1 saturated heterocycles. The van der Waals surface area contributed by atoms with E-state index in [0.717, 1.165) is 42.4 Å². The van der Waals surface area contributed by atoms with Gasteiger partial charge in [0.25, 0.3) is 10.0 Å². The summed E-state index contributed by atoms with van der Waals surface area (Å²) in [5, 5.41) is 4.86. The van der Waals surface area contributed by atoms with Crippen molar-refractivity contribution in [1.29, 1.82) is 0 Å². The van der Waals surface area contributed by atoms with Gasteiger partial charge in [0.05, 0.1) is 15.6 Å². The Morgan fingerprint density at radius 1 is 1.17 bits per heavy atom. The molecule has 0 spiro atoms. The van der Waals surface area contributed by atoms with Crippen LogP contribution in [0.4, 0.5) is 5.69 Å². The molecule has 0 radical (unpaired) electrons. The zero-order chi connectivity index (χ0) is 21.1. The number of thioether (sulfide) groups is 1. The molecule has 1 aromatic heterocycles. The number of nitrogens with one attached hydrogen (secondary N) is 1. The highest BCUT2D eigenvalue weighted by atomic mass is 35.5. The number of benzene rings is 1. The van der Waals surface area contributed by atoms with Gasteiger partial charge in [-0.05, 0) is 48.7 Å². The third-order valence-corrected chi connectivity index (χ3v) is 9.85. The fourth-order valence-electron chi connectivity index (χ4n) is 2.81. The first kappa shape index (κ1) is 22.6. The SMILES string of the molecule is CSC(=NS(=O)(=O)c1cccs1)Nc1cc(S(=O)(=O)N2CCCCC2)ccc1Cl.